The molecule has 0 saturated carbocycles. The zero-order chi connectivity index (χ0) is 14.0. The van der Waals surface area contributed by atoms with Crippen molar-refractivity contribution in [1.82, 2.24) is 4.90 Å². The van der Waals surface area contributed by atoms with Crippen LogP contribution in [0.5, 0.6) is 11.5 Å². The van der Waals surface area contributed by atoms with Crippen molar-refractivity contribution in [1.29, 1.82) is 0 Å². The number of phenolic OH excluding ortho intramolecular Hbond substituents is 2. The Morgan fingerprint density at radius 1 is 1.42 bits per heavy atom. The number of benzene rings is 1. The SMILES string of the molecule is CC(O)C1CCN(CC(=O)c2ccc(O)c(O)c2)C1. The Hall–Kier alpha value is -1.59. The van der Waals surface area contributed by atoms with Crippen molar-refractivity contribution in [3.63, 3.8) is 0 Å². The summed E-state index contributed by atoms with van der Waals surface area (Å²) in [6, 6.07) is 4.09. The highest BCUT2D eigenvalue weighted by molar-refractivity contribution is 5.98. The second kappa shape index (κ2) is 5.59. The minimum absolute atomic E-state index is 0.0958. The zero-order valence-corrected chi connectivity index (χ0v) is 10.9. The molecule has 1 aliphatic heterocycles. The first kappa shape index (κ1) is 13.8. The summed E-state index contributed by atoms with van der Waals surface area (Å²) in [6.45, 7) is 3.56. The molecule has 0 spiro atoms. The molecule has 1 fully saturated rings. The fourth-order valence-corrected chi connectivity index (χ4v) is 2.39. The summed E-state index contributed by atoms with van der Waals surface area (Å²) in [5.74, 6) is -0.386. The number of rotatable bonds is 4. The Bertz CT molecular complexity index is 473. The Kier molecular flexibility index (Phi) is 4.07. The van der Waals surface area contributed by atoms with E-state index in [4.69, 9.17) is 0 Å². The van der Waals surface area contributed by atoms with E-state index in [-0.39, 0.29) is 35.8 Å². The van der Waals surface area contributed by atoms with Gasteiger partial charge in [0, 0.05) is 12.1 Å². The molecule has 5 heteroatoms. The lowest BCUT2D eigenvalue weighted by Crippen LogP contribution is -2.29. The number of aromatic hydroxyl groups is 2. The molecule has 3 N–H and O–H groups in total. The van der Waals surface area contributed by atoms with Crippen LogP contribution in [0.1, 0.15) is 23.7 Å². The molecule has 5 nitrogen and oxygen atoms in total. The van der Waals surface area contributed by atoms with E-state index in [1.54, 1.807) is 6.92 Å². The van der Waals surface area contributed by atoms with E-state index < -0.39 is 0 Å². The lowest BCUT2D eigenvalue weighted by molar-refractivity contribution is 0.0925. The molecule has 0 aromatic heterocycles. The summed E-state index contributed by atoms with van der Waals surface area (Å²) in [5.41, 5.74) is 0.385. The lowest BCUT2D eigenvalue weighted by Gasteiger charge is -2.16. The van der Waals surface area contributed by atoms with Crippen LogP contribution in [0.4, 0.5) is 0 Å². The maximum Gasteiger partial charge on any atom is 0.176 e. The number of carbonyl (C=O) groups excluding carboxylic acids is 1. The van der Waals surface area contributed by atoms with Gasteiger partial charge in [0.25, 0.3) is 0 Å². The molecule has 1 aromatic rings. The Morgan fingerprint density at radius 3 is 2.74 bits per heavy atom. The Labute approximate surface area is 112 Å². The molecule has 2 unspecified atom stereocenters. The topological polar surface area (TPSA) is 81.0 Å². The van der Waals surface area contributed by atoms with Crippen molar-refractivity contribution >= 4 is 5.78 Å². The number of hydrogen-bond donors (Lipinski definition) is 3. The maximum absolute atomic E-state index is 12.0. The highest BCUT2D eigenvalue weighted by atomic mass is 16.3. The van der Waals surface area contributed by atoms with E-state index in [0.717, 1.165) is 13.0 Å². The average Bonchev–Trinajstić information content (AvgIpc) is 2.81. The van der Waals surface area contributed by atoms with E-state index in [0.29, 0.717) is 12.1 Å². The van der Waals surface area contributed by atoms with Gasteiger partial charge >= 0.3 is 0 Å². The molecule has 1 heterocycles. The number of aliphatic hydroxyl groups is 1. The maximum atomic E-state index is 12.0. The van der Waals surface area contributed by atoms with Crippen molar-refractivity contribution in [3.05, 3.63) is 23.8 Å². The van der Waals surface area contributed by atoms with Gasteiger partial charge in [-0.1, -0.05) is 0 Å². The predicted molar refractivity (Wildman–Crippen MR) is 70.3 cm³/mol. The normalized spacial score (nSPS) is 21.5. The second-order valence-corrected chi connectivity index (χ2v) is 5.15. The van der Waals surface area contributed by atoms with Gasteiger partial charge in [0.1, 0.15) is 0 Å². The number of hydrogen-bond acceptors (Lipinski definition) is 5. The molecule has 19 heavy (non-hydrogen) atoms. The molecular weight excluding hydrogens is 246 g/mol. The fraction of sp³-hybridized carbons (Fsp3) is 0.500. The van der Waals surface area contributed by atoms with Crippen molar-refractivity contribution in [2.24, 2.45) is 5.92 Å². The molecule has 2 rings (SSSR count). The quantitative estimate of drug-likeness (QED) is 0.558. The standard InChI is InChI=1S/C14H19NO4/c1-9(16)11-4-5-15(7-11)8-14(19)10-2-3-12(17)13(18)6-10/h2-3,6,9,11,16-18H,4-5,7-8H2,1H3. The number of likely N-dealkylation sites (tertiary alicyclic amines) is 1. The van der Waals surface area contributed by atoms with Gasteiger partial charge in [0.15, 0.2) is 17.3 Å². The molecule has 0 aliphatic carbocycles. The number of ketones is 1. The minimum Gasteiger partial charge on any atom is -0.504 e. The number of carbonyl (C=O) groups is 1. The summed E-state index contributed by atoms with van der Waals surface area (Å²) < 4.78 is 0. The van der Waals surface area contributed by atoms with Gasteiger partial charge < -0.3 is 15.3 Å². The lowest BCUT2D eigenvalue weighted by atomic mass is 10.0. The van der Waals surface area contributed by atoms with Gasteiger partial charge in [-0.2, -0.15) is 0 Å². The number of aliphatic hydroxyl groups excluding tert-OH is 1. The number of phenols is 2. The van der Waals surface area contributed by atoms with Crippen molar-refractivity contribution in [2.45, 2.75) is 19.4 Å². The van der Waals surface area contributed by atoms with Crippen LogP contribution in [0.3, 0.4) is 0 Å². The highest BCUT2D eigenvalue weighted by Gasteiger charge is 2.27. The van der Waals surface area contributed by atoms with Crippen molar-refractivity contribution in [3.8, 4) is 11.5 Å². The first-order valence-corrected chi connectivity index (χ1v) is 6.43. The molecule has 2 atom stereocenters. The van der Waals surface area contributed by atoms with E-state index in [2.05, 4.69) is 0 Å². The fourth-order valence-electron chi connectivity index (χ4n) is 2.39. The van der Waals surface area contributed by atoms with Gasteiger partial charge in [0.05, 0.1) is 12.6 Å². The minimum atomic E-state index is -0.349. The van der Waals surface area contributed by atoms with E-state index >= 15 is 0 Å². The monoisotopic (exact) mass is 265 g/mol. The zero-order valence-electron chi connectivity index (χ0n) is 10.9. The number of Topliss-reactive ketones (excluding diaryl/α,β-unsaturated/α-hetero) is 1. The van der Waals surface area contributed by atoms with E-state index in [1.807, 2.05) is 4.90 Å². The molecule has 104 valence electrons. The third-order valence-corrected chi connectivity index (χ3v) is 3.66. The van der Waals surface area contributed by atoms with E-state index in [1.165, 1.54) is 18.2 Å². The molecule has 0 radical (unpaired) electrons. The van der Waals surface area contributed by atoms with Crippen molar-refractivity contribution < 1.29 is 20.1 Å². The van der Waals surface area contributed by atoms with Crippen LogP contribution < -0.4 is 0 Å². The largest absolute Gasteiger partial charge is 0.504 e. The molecule has 0 amide bonds. The summed E-state index contributed by atoms with van der Waals surface area (Å²) in [6.07, 6.45) is 0.545. The van der Waals surface area contributed by atoms with Gasteiger partial charge in [-0.3, -0.25) is 9.69 Å². The van der Waals surface area contributed by atoms with E-state index in [9.17, 15) is 20.1 Å². The van der Waals surface area contributed by atoms with Crippen LogP contribution >= 0.6 is 0 Å². The third kappa shape index (κ3) is 3.24. The van der Waals surface area contributed by atoms with Gasteiger partial charge in [-0.05, 0) is 44.0 Å². The first-order chi connectivity index (χ1) is 8.97. The second-order valence-electron chi connectivity index (χ2n) is 5.15. The predicted octanol–water partition coefficient (Wildman–Crippen LogP) is 0.983. The van der Waals surface area contributed by atoms with Crippen molar-refractivity contribution in [2.75, 3.05) is 19.6 Å². The van der Waals surface area contributed by atoms with Gasteiger partial charge in [-0.25, -0.2) is 0 Å². The molecule has 0 bridgehead atoms. The van der Waals surface area contributed by atoms with Crippen LogP contribution in [-0.4, -0.2) is 51.7 Å². The van der Waals surface area contributed by atoms with Crippen LogP contribution in [0.25, 0.3) is 0 Å². The summed E-state index contributed by atoms with van der Waals surface area (Å²) in [7, 11) is 0. The summed E-state index contributed by atoms with van der Waals surface area (Å²) >= 11 is 0. The first-order valence-electron chi connectivity index (χ1n) is 6.43. The third-order valence-electron chi connectivity index (χ3n) is 3.66. The molecule has 1 saturated heterocycles. The smallest absolute Gasteiger partial charge is 0.176 e. The van der Waals surface area contributed by atoms with Gasteiger partial charge in [-0.15, -0.1) is 0 Å². The highest BCUT2D eigenvalue weighted by Crippen LogP contribution is 2.25. The molecule has 1 aromatic carbocycles. The van der Waals surface area contributed by atoms with Crippen LogP contribution in [-0.2, 0) is 0 Å². The molecular formula is C14H19NO4. The van der Waals surface area contributed by atoms with Crippen LogP contribution in [0.15, 0.2) is 18.2 Å². The molecule has 1 aliphatic rings. The average molecular weight is 265 g/mol. The Morgan fingerprint density at radius 2 is 2.16 bits per heavy atom. The number of nitrogens with zero attached hydrogens (tertiary/aromatic N) is 1. The van der Waals surface area contributed by atoms with Gasteiger partial charge in [0.2, 0.25) is 0 Å². The Balaban J connectivity index is 1.96. The summed E-state index contributed by atoms with van der Waals surface area (Å²) in [5, 5.41) is 28.1. The van der Waals surface area contributed by atoms with Crippen LogP contribution in [0.2, 0.25) is 0 Å². The van der Waals surface area contributed by atoms with Crippen LogP contribution in [0, 0.1) is 5.92 Å². The summed E-state index contributed by atoms with van der Waals surface area (Å²) in [4.78, 5) is 14.0.